The number of rotatable bonds is 7. The van der Waals surface area contributed by atoms with Gasteiger partial charge in [0, 0.05) is 43.4 Å². The fourth-order valence-corrected chi connectivity index (χ4v) is 3.26. The molecule has 0 bridgehead atoms. The van der Waals surface area contributed by atoms with Crippen molar-refractivity contribution in [1.82, 2.24) is 20.1 Å². The molecule has 0 saturated heterocycles. The van der Waals surface area contributed by atoms with E-state index in [4.69, 9.17) is 4.74 Å². The maximum atomic E-state index is 13.0. The van der Waals surface area contributed by atoms with Crippen molar-refractivity contribution < 1.29 is 13.5 Å². The lowest BCUT2D eigenvalue weighted by Gasteiger charge is -2.41. The minimum atomic E-state index is -2.55. The molecule has 24 heavy (non-hydrogen) atoms. The third-order valence-corrected chi connectivity index (χ3v) is 4.71. The molecule has 1 aliphatic rings. The van der Waals surface area contributed by atoms with Gasteiger partial charge in [-0.15, -0.1) is 0 Å². The summed E-state index contributed by atoms with van der Waals surface area (Å²) in [4.78, 5) is 4.56. The summed E-state index contributed by atoms with van der Waals surface area (Å²) in [6.07, 6.45) is 2.31. The van der Waals surface area contributed by atoms with Gasteiger partial charge in [0.2, 0.25) is 5.88 Å². The number of alkyl halides is 2. The predicted molar refractivity (Wildman–Crippen MR) is 86.2 cm³/mol. The molecule has 0 unspecified atom stereocenters. The number of nitrogens with zero attached hydrogens (tertiary/aromatic N) is 3. The quantitative estimate of drug-likeness (QED) is 0.844. The predicted octanol–water partition coefficient (Wildman–Crippen LogP) is 2.97. The van der Waals surface area contributed by atoms with Crippen LogP contribution in [-0.2, 0) is 19.0 Å². The molecular formula is C17H22F2N4O. The summed E-state index contributed by atoms with van der Waals surface area (Å²) in [7, 11) is 3.26. The molecule has 0 amide bonds. The van der Waals surface area contributed by atoms with Gasteiger partial charge in [0.25, 0.3) is 6.43 Å². The molecule has 0 radical (unpaired) electrons. The van der Waals surface area contributed by atoms with Crippen LogP contribution in [-0.4, -0.2) is 28.4 Å². The minimum absolute atomic E-state index is 0.0399. The van der Waals surface area contributed by atoms with Gasteiger partial charge in [0.15, 0.2) is 0 Å². The van der Waals surface area contributed by atoms with Gasteiger partial charge in [-0.2, -0.15) is 5.10 Å². The van der Waals surface area contributed by atoms with E-state index in [1.807, 2.05) is 18.2 Å². The zero-order valence-electron chi connectivity index (χ0n) is 13.9. The van der Waals surface area contributed by atoms with Crippen LogP contribution in [0.15, 0.2) is 24.4 Å². The highest BCUT2D eigenvalue weighted by atomic mass is 19.3. The van der Waals surface area contributed by atoms with Crippen LogP contribution in [0.25, 0.3) is 0 Å². The Bertz CT molecular complexity index is 698. The second-order valence-corrected chi connectivity index (χ2v) is 6.32. The molecule has 2 aromatic rings. The molecule has 2 aromatic heterocycles. The van der Waals surface area contributed by atoms with Crippen LogP contribution in [0, 0.1) is 0 Å². The molecule has 0 spiro atoms. The van der Waals surface area contributed by atoms with E-state index in [0.717, 1.165) is 25.0 Å². The first-order chi connectivity index (χ1) is 11.5. The Morgan fingerprint density at radius 2 is 2.17 bits per heavy atom. The number of ether oxygens (including phenoxy) is 1. The van der Waals surface area contributed by atoms with Gasteiger partial charge in [-0.25, -0.2) is 13.8 Å². The van der Waals surface area contributed by atoms with E-state index in [2.05, 4.69) is 15.4 Å². The Morgan fingerprint density at radius 3 is 2.79 bits per heavy atom. The number of aromatic nitrogens is 3. The molecule has 3 rings (SSSR count). The first-order valence-corrected chi connectivity index (χ1v) is 8.07. The van der Waals surface area contributed by atoms with E-state index in [1.165, 1.54) is 4.68 Å². The molecule has 1 fully saturated rings. The zero-order chi connectivity index (χ0) is 17.2. The number of nitrogens with one attached hydrogen (secondary N) is 1. The molecule has 130 valence electrons. The fraction of sp³-hybridized carbons (Fsp3) is 0.529. The molecule has 0 atom stereocenters. The zero-order valence-corrected chi connectivity index (χ0v) is 13.9. The van der Waals surface area contributed by atoms with Crippen LogP contribution in [0.2, 0.25) is 0 Å². The first-order valence-electron chi connectivity index (χ1n) is 8.07. The molecule has 0 aliphatic heterocycles. The Hall–Kier alpha value is -2.02. The third kappa shape index (κ3) is 3.26. The normalized spacial score (nSPS) is 16.2. The van der Waals surface area contributed by atoms with Gasteiger partial charge in [0.1, 0.15) is 5.69 Å². The van der Waals surface area contributed by atoms with Gasteiger partial charge < -0.3 is 10.1 Å². The molecule has 7 heteroatoms. The SMILES string of the molecule is COc1cccc(C2(CNCc3cn(C)nc3C(F)F)CCC2)n1. The van der Waals surface area contributed by atoms with Gasteiger partial charge in [-0.3, -0.25) is 4.68 Å². The largest absolute Gasteiger partial charge is 0.481 e. The van der Waals surface area contributed by atoms with E-state index in [0.29, 0.717) is 24.5 Å². The molecule has 1 saturated carbocycles. The first kappa shape index (κ1) is 16.8. The Morgan fingerprint density at radius 1 is 1.38 bits per heavy atom. The summed E-state index contributed by atoms with van der Waals surface area (Å²) in [6.45, 7) is 1.07. The van der Waals surface area contributed by atoms with Crippen molar-refractivity contribution in [3.63, 3.8) is 0 Å². The summed E-state index contributed by atoms with van der Waals surface area (Å²) in [5, 5.41) is 7.16. The standard InChI is InChI=1S/C17H22F2N4O/c1-23-10-12(15(22-23)16(18)19)9-20-11-17(7-4-8-17)13-5-3-6-14(21-13)24-2/h3,5-6,10,16,20H,4,7-9,11H2,1-2H3. The van der Waals surface area contributed by atoms with Crippen molar-refractivity contribution in [2.24, 2.45) is 7.05 Å². The second kappa shape index (κ2) is 6.84. The maximum absolute atomic E-state index is 13.0. The lowest BCUT2D eigenvalue weighted by molar-refractivity contribution is 0.143. The van der Waals surface area contributed by atoms with Crippen LogP contribution in [0.1, 0.15) is 42.6 Å². The maximum Gasteiger partial charge on any atom is 0.282 e. The Labute approximate surface area is 140 Å². The van der Waals surface area contributed by atoms with Crippen LogP contribution >= 0.6 is 0 Å². The van der Waals surface area contributed by atoms with Crippen molar-refractivity contribution in [2.45, 2.75) is 37.6 Å². The number of methoxy groups -OCH3 is 1. The smallest absolute Gasteiger partial charge is 0.282 e. The molecule has 1 aliphatic carbocycles. The van der Waals surface area contributed by atoms with Crippen molar-refractivity contribution in [3.8, 4) is 5.88 Å². The molecule has 5 nitrogen and oxygen atoms in total. The Kier molecular flexibility index (Phi) is 4.80. The van der Waals surface area contributed by atoms with Gasteiger partial charge in [-0.1, -0.05) is 12.5 Å². The van der Waals surface area contributed by atoms with E-state index >= 15 is 0 Å². The second-order valence-electron chi connectivity index (χ2n) is 6.32. The van der Waals surface area contributed by atoms with Crippen molar-refractivity contribution in [1.29, 1.82) is 0 Å². The lowest BCUT2D eigenvalue weighted by atomic mass is 9.66. The van der Waals surface area contributed by atoms with Gasteiger partial charge >= 0.3 is 0 Å². The number of hydrogen-bond acceptors (Lipinski definition) is 4. The van der Waals surface area contributed by atoms with E-state index < -0.39 is 6.43 Å². The van der Waals surface area contributed by atoms with E-state index in [1.54, 1.807) is 20.4 Å². The summed E-state index contributed by atoms with van der Waals surface area (Å²) < 4.78 is 32.6. The summed E-state index contributed by atoms with van der Waals surface area (Å²) in [6, 6.07) is 5.78. The molecule has 1 N–H and O–H groups in total. The molecular weight excluding hydrogens is 314 g/mol. The van der Waals surface area contributed by atoms with Crippen molar-refractivity contribution in [2.75, 3.05) is 13.7 Å². The fourth-order valence-electron chi connectivity index (χ4n) is 3.26. The summed E-state index contributed by atoms with van der Waals surface area (Å²) in [5.41, 5.74) is 1.36. The van der Waals surface area contributed by atoms with E-state index in [-0.39, 0.29) is 11.1 Å². The van der Waals surface area contributed by atoms with E-state index in [9.17, 15) is 8.78 Å². The lowest BCUT2D eigenvalue weighted by Crippen LogP contribution is -2.44. The van der Waals surface area contributed by atoms with Crippen LogP contribution in [0.5, 0.6) is 5.88 Å². The van der Waals surface area contributed by atoms with Crippen LogP contribution in [0.3, 0.4) is 0 Å². The number of pyridine rings is 1. The highest BCUT2D eigenvalue weighted by Crippen LogP contribution is 2.42. The van der Waals surface area contributed by atoms with Gasteiger partial charge in [-0.05, 0) is 18.9 Å². The molecule has 2 heterocycles. The number of aryl methyl sites for hydroxylation is 1. The minimum Gasteiger partial charge on any atom is -0.481 e. The van der Waals surface area contributed by atoms with Crippen molar-refractivity contribution >= 4 is 0 Å². The summed E-state index contributed by atoms with van der Waals surface area (Å²) >= 11 is 0. The average molecular weight is 336 g/mol. The average Bonchev–Trinajstić information content (AvgIpc) is 2.91. The van der Waals surface area contributed by atoms with Crippen LogP contribution < -0.4 is 10.1 Å². The Balaban J connectivity index is 1.68. The van der Waals surface area contributed by atoms with Crippen LogP contribution in [0.4, 0.5) is 8.78 Å². The third-order valence-electron chi connectivity index (χ3n) is 4.71. The van der Waals surface area contributed by atoms with Gasteiger partial charge in [0.05, 0.1) is 12.8 Å². The highest BCUT2D eigenvalue weighted by molar-refractivity contribution is 5.26. The number of hydrogen-bond donors (Lipinski definition) is 1. The highest BCUT2D eigenvalue weighted by Gasteiger charge is 2.39. The topological polar surface area (TPSA) is 52.0 Å². The summed E-state index contributed by atoms with van der Waals surface area (Å²) in [5.74, 6) is 0.603. The molecule has 0 aromatic carbocycles. The van der Waals surface area contributed by atoms with Crippen molar-refractivity contribution in [3.05, 3.63) is 41.3 Å². The number of halogens is 2. The monoisotopic (exact) mass is 336 g/mol.